The minimum absolute atomic E-state index is 0.0151. The quantitative estimate of drug-likeness (QED) is 0.155. The van der Waals surface area contributed by atoms with Crippen LogP contribution in [0.3, 0.4) is 0 Å². The highest BCUT2D eigenvalue weighted by Gasteiger charge is 2.36. The van der Waals surface area contributed by atoms with Gasteiger partial charge in [0.25, 0.3) is 0 Å². The lowest BCUT2D eigenvalue weighted by molar-refractivity contribution is 0.443. The normalized spacial score (nSPS) is 15.2. The number of hydrogen-bond donors (Lipinski definition) is 0. The SMILES string of the molecule is CC(C)(C)c1cc(-c2cccc(-c3cccc(N(c4ccc(C5CCCCC5)cc4)c4ccc5c(c4)C(C)(C)c4ccccc4-5)c3)c2)cc(-c2cc(C(C)(C)C)cc(C(C)(C)C)c2)c1. The van der Waals surface area contributed by atoms with Crippen LogP contribution in [0.15, 0.2) is 152 Å². The molecule has 0 N–H and O–H groups in total. The summed E-state index contributed by atoms with van der Waals surface area (Å²) in [6.45, 7) is 25.7. The topological polar surface area (TPSA) is 3.24 Å². The monoisotopic (exact) mass is 840 g/mol. The van der Waals surface area contributed by atoms with E-state index in [0.717, 1.165) is 5.69 Å². The lowest BCUT2D eigenvalue weighted by Gasteiger charge is -2.29. The van der Waals surface area contributed by atoms with Crippen LogP contribution in [0.4, 0.5) is 17.1 Å². The number of anilines is 3. The molecule has 0 amide bonds. The van der Waals surface area contributed by atoms with Gasteiger partial charge in [0.1, 0.15) is 0 Å². The van der Waals surface area contributed by atoms with Crippen molar-refractivity contribution in [2.24, 2.45) is 0 Å². The van der Waals surface area contributed by atoms with E-state index >= 15 is 0 Å². The Bertz CT molecular complexity index is 2790. The van der Waals surface area contributed by atoms with Gasteiger partial charge in [-0.3, -0.25) is 0 Å². The zero-order chi connectivity index (χ0) is 45.2. The summed E-state index contributed by atoms with van der Waals surface area (Å²) in [4.78, 5) is 2.48. The molecule has 0 aromatic heterocycles. The molecular weight excluding hydrogens is 771 g/mol. The Kier molecular flexibility index (Phi) is 11.2. The van der Waals surface area contributed by atoms with Crippen LogP contribution in [0.25, 0.3) is 44.5 Å². The van der Waals surface area contributed by atoms with Gasteiger partial charge in [0.15, 0.2) is 0 Å². The lowest BCUT2D eigenvalue weighted by Crippen LogP contribution is -2.16. The highest BCUT2D eigenvalue weighted by Crippen LogP contribution is 2.51. The third-order valence-electron chi connectivity index (χ3n) is 14.5. The van der Waals surface area contributed by atoms with Crippen molar-refractivity contribution in [3.8, 4) is 44.5 Å². The van der Waals surface area contributed by atoms with Crippen LogP contribution in [-0.2, 0) is 21.7 Å². The predicted octanol–water partition coefficient (Wildman–Crippen LogP) is 18.4. The average molecular weight is 840 g/mol. The first-order valence-electron chi connectivity index (χ1n) is 24.0. The molecule has 64 heavy (non-hydrogen) atoms. The number of benzene rings is 7. The first kappa shape index (κ1) is 43.6. The molecule has 0 saturated heterocycles. The van der Waals surface area contributed by atoms with E-state index in [-0.39, 0.29) is 21.7 Å². The van der Waals surface area contributed by atoms with Gasteiger partial charge in [-0.25, -0.2) is 0 Å². The Morgan fingerprint density at radius 1 is 0.391 bits per heavy atom. The summed E-state index contributed by atoms with van der Waals surface area (Å²) in [5, 5.41) is 0. The van der Waals surface area contributed by atoms with Gasteiger partial charge in [-0.05, 0) is 161 Å². The van der Waals surface area contributed by atoms with Gasteiger partial charge in [0, 0.05) is 22.5 Å². The van der Waals surface area contributed by atoms with Crippen LogP contribution in [0.5, 0.6) is 0 Å². The van der Waals surface area contributed by atoms with E-state index in [1.54, 1.807) is 0 Å². The van der Waals surface area contributed by atoms with Gasteiger partial charge in [0.05, 0.1) is 0 Å². The first-order valence-corrected chi connectivity index (χ1v) is 24.0. The molecule has 1 saturated carbocycles. The van der Waals surface area contributed by atoms with Crippen LogP contribution in [-0.4, -0.2) is 0 Å². The second-order valence-corrected chi connectivity index (χ2v) is 22.6. The molecule has 1 nitrogen and oxygen atoms in total. The molecule has 0 bridgehead atoms. The van der Waals surface area contributed by atoms with E-state index in [1.165, 1.54) is 121 Å². The Labute approximate surface area is 385 Å². The van der Waals surface area contributed by atoms with Crippen LogP contribution in [0.1, 0.15) is 148 Å². The summed E-state index contributed by atoms with van der Waals surface area (Å²) in [7, 11) is 0. The fraction of sp³-hybridized carbons (Fsp3) is 0.333. The van der Waals surface area contributed by atoms with E-state index in [4.69, 9.17) is 0 Å². The second kappa shape index (κ2) is 16.4. The summed E-state index contributed by atoms with van der Waals surface area (Å²) in [6, 6.07) is 58.6. The van der Waals surface area contributed by atoms with Crippen LogP contribution < -0.4 is 4.90 Å². The summed E-state index contributed by atoms with van der Waals surface area (Å²) in [6.07, 6.45) is 6.65. The highest BCUT2D eigenvalue weighted by molar-refractivity contribution is 5.87. The van der Waals surface area contributed by atoms with Crippen molar-refractivity contribution in [2.75, 3.05) is 4.90 Å². The fourth-order valence-electron chi connectivity index (χ4n) is 10.4. The molecule has 1 fully saturated rings. The van der Waals surface area contributed by atoms with Crippen molar-refractivity contribution in [1.29, 1.82) is 0 Å². The van der Waals surface area contributed by atoms with Gasteiger partial charge in [0.2, 0.25) is 0 Å². The van der Waals surface area contributed by atoms with Gasteiger partial charge in [-0.2, -0.15) is 0 Å². The van der Waals surface area contributed by atoms with Gasteiger partial charge in [-0.1, -0.05) is 199 Å². The van der Waals surface area contributed by atoms with Gasteiger partial charge in [-0.15, -0.1) is 0 Å². The number of fused-ring (bicyclic) bond motifs is 3. The van der Waals surface area contributed by atoms with Crippen LogP contribution in [0, 0.1) is 0 Å². The Morgan fingerprint density at radius 3 is 1.48 bits per heavy atom. The third kappa shape index (κ3) is 8.52. The summed E-state index contributed by atoms with van der Waals surface area (Å²) in [5.41, 5.74) is 22.1. The molecule has 0 spiro atoms. The predicted molar refractivity (Wildman–Crippen MR) is 277 cm³/mol. The molecule has 9 rings (SSSR count). The van der Waals surface area contributed by atoms with Crippen molar-refractivity contribution >= 4 is 17.1 Å². The van der Waals surface area contributed by atoms with Crippen molar-refractivity contribution in [3.05, 3.63) is 185 Å². The molecule has 2 aliphatic carbocycles. The smallest absolute Gasteiger partial charge is 0.0467 e. The van der Waals surface area contributed by atoms with Gasteiger partial charge >= 0.3 is 0 Å². The molecular formula is C63H69N. The third-order valence-corrected chi connectivity index (χ3v) is 14.5. The molecule has 0 atom stereocenters. The summed E-state index contributed by atoms with van der Waals surface area (Å²) < 4.78 is 0. The van der Waals surface area contributed by atoms with E-state index in [2.05, 4.69) is 233 Å². The van der Waals surface area contributed by atoms with Crippen LogP contribution >= 0.6 is 0 Å². The number of hydrogen-bond acceptors (Lipinski definition) is 1. The number of rotatable bonds is 7. The maximum absolute atomic E-state index is 2.48. The average Bonchev–Trinajstić information content (AvgIpc) is 3.51. The molecule has 326 valence electrons. The van der Waals surface area contributed by atoms with E-state index < -0.39 is 0 Å². The maximum Gasteiger partial charge on any atom is 0.0467 e. The van der Waals surface area contributed by atoms with Crippen LogP contribution in [0.2, 0.25) is 0 Å². The molecule has 0 radical (unpaired) electrons. The minimum atomic E-state index is -0.0881. The second-order valence-electron chi connectivity index (χ2n) is 22.6. The molecule has 0 heterocycles. The van der Waals surface area contributed by atoms with E-state index in [0.29, 0.717) is 5.92 Å². The molecule has 0 aliphatic heterocycles. The standard InChI is InChI=1S/C63H69N/c1-60(2,3)50-35-47(34-48(36-50)49-37-51(61(4,5)6)40-52(38-49)62(7,8)9)45-22-17-21-44(33-45)46-23-18-24-54(39-46)64(53-29-27-43(28-30-53)42-19-13-12-14-20-42)55-31-32-57-56-25-15-16-26-58(56)63(10,11)59(57)41-55/h15-18,21-42H,12-14,19-20H2,1-11H3. The zero-order valence-corrected chi connectivity index (χ0v) is 40.5. The summed E-state index contributed by atoms with van der Waals surface area (Å²) >= 11 is 0. The Morgan fingerprint density at radius 2 is 0.859 bits per heavy atom. The van der Waals surface area contributed by atoms with Crippen molar-refractivity contribution in [2.45, 2.75) is 136 Å². The molecule has 2 aliphatic rings. The Balaban J connectivity index is 1.13. The molecule has 0 unspecified atom stereocenters. The maximum atomic E-state index is 2.48. The van der Waals surface area contributed by atoms with E-state index in [1.807, 2.05) is 0 Å². The lowest BCUT2D eigenvalue weighted by atomic mass is 9.78. The zero-order valence-electron chi connectivity index (χ0n) is 40.5. The highest BCUT2D eigenvalue weighted by atomic mass is 15.1. The molecule has 7 aromatic carbocycles. The molecule has 7 aromatic rings. The fourth-order valence-corrected chi connectivity index (χ4v) is 10.4. The van der Waals surface area contributed by atoms with Crippen molar-refractivity contribution in [3.63, 3.8) is 0 Å². The Hall–Kier alpha value is -5.66. The molecule has 1 heteroatoms. The first-order chi connectivity index (χ1) is 30.3. The minimum Gasteiger partial charge on any atom is -0.310 e. The van der Waals surface area contributed by atoms with E-state index in [9.17, 15) is 0 Å². The summed E-state index contributed by atoms with van der Waals surface area (Å²) in [5.74, 6) is 0.668. The largest absolute Gasteiger partial charge is 0.310 e. The van der Waals surface area contributed by atoms with Gasteiger partial charge < -0.3 is 4.90 Å². The van der Waals surface area contributed by atoms with Crippen molar-refractivity contribution < 1.29 is 0 Å². The number of nitrogens with zero attached hydrogens (tertiary/aromatic N) is 1. The van der Waals surface area contributed by atoms with Crippen molar-refractivity contribution in [1.82, 2.24) is 0 Å².